The number of aryl methyl sites for hydroxylation is 2. The van der Waals surface area contributed by atoms with Crippen LogP contribution in [0.4, 0.5) is 0 Å². The second-order valence-electron chi connectivity index (χ2n) is 6.22. The molecule has 0 N–H and O–H groups in total. The van der Waals surface area contributed by atoms with Crippen LogP contribution < -0.4 is 4.74 Å². The molecule has 1 aromatic heterocycles. The molecular weight excluding hydrogens is 342 g/mol. The molecule has 7 heteroatoms. The van der Waals surface area contributed by atoms with Crippen LogP contribution in [0, 0.1) is 13.8 Å². The molecule has 2 aromatic rings. The lowest BCUT2D eigenvalue weighted by Crippen LogP contribution is -2.48. The van der Waals surface area contributed by atoms with Gasteiger partial charge in [0, 0.05) is 43.3 Å². The summed E-state index contributed by atoms with van der Waals surface area (Å²) < 4.78 is 10.5. The number of ether oxygens (including phenoxy) is 1. The zero-order valence-corrected chi connectivity index (χ0v) is 15.5. The van der Waals surface area contributed by atoms with E-state index in [0.717, 1.165) is 36.7 Å². The second kappa shape index (κ2) is 7.45. The molecule has 134 valence electrons. The van der Waals surface area contributed by atoms with E-state index < -0.39 is 0 Å². The van der Waals surface area contributed by atoms with E-state index in [2.05, 4.69) is 10.1 Å². The molecule has 0 unspecified atom stereocenters. The van der Waals surface area contributed by atoms with Crippen molar-refractivity contribution < 1.29 is 14.1 Å². The van der Waals surface area contributed by atoms with Crippen molar-refractivity contribution in [3.8, 4) is 5.75 Å². The van der Waals surface area contributed by atoms with E-state index in [1.165, 1.54) is 0 Å². The van der Waals surface area contributed by atoms with E-state index >= 15 is 0 Å². The predicted octanol–water partition coefficient (Wildman–Crippen LogP) is 2.91. The van der Waals surface area contributed by atoms with Gasteiger partial charge in [-0.05, 0) is 32.0 Å². The fraction of sp³-hybridized carbons (Fsp3) is 0.444. The average Bonchev–Trinajstić information content (AvgIpc) is 2.93. The number of amides is 1. The highest BCUT2D eigenvalue weighted by molar-refractivity contribution is 6.31. The molecule has 0 atom stereocenters. The van der Waals surface area contributed by atoms with Gasteiger partial charge >= 0.3 is 0 Å². The van der Waals surface area contributed by atoms with Gasteiger partial charge in [-0.2, -0.15) is 0 Å². The summed E-state index contributed by atoms with van der Waals surface area (Å²) >= 11 is 6.04. The van der Waals surface area contributed by atoms with Gasteiger partial charge in [0.1, 0.15) is 11.5 Å². The van der Waals surface area contributed by atoms with Gasteiger partial charge in [-0.15, -0.1) is 0 Å². The summed E-state index contributed by atoms with van der Waals surface area (Å²) in [5.74, 6) is 1.36. The van der Waals surface area contributed by atoms with Crippen molar-refractivity contribution in [3.63, 3.8) is 0 Å². The summed E-state index contributed by atoms with van der Waals surface area (Å²) in [7, 11) is 1.56. The molecule has 0 saturated carbocycles. The molecule has 2 heterocycles. The molecule has 3 rings (SSSR count). The molecule has 1 aliphatic rings. The van der Waals surface area contributed by atoms with Gasteiger partial charge in [0.05, 0.1) is 18.4 Å². The monoisotopic (exact) mass is 363 g/mol. The number of hydrogen-bond acceptors (Lipinski definition) is 5. The number of rotatable bonds is 4. The molecule has 1 amide bonds. The van der Waals surface area contributed by atoms with Crippen LogP contribution in [0.15, 0.2) is 22.7 Å². The summed E-state index contributed by atoms with van der Waals surface area (Å²) in [4.78, 5) is 17.0. The van der Waals surface area contributed by atoms with E-state index in [0.29, 0.717) is 29.4 Å². The number of carbonyl (C=O) groups is 1. The number of halogens is 1. The number of benzene rings is 1. The largest absolute Gasteiger partial charge is 0.496 e. The lowest BCUT2D eigenvalue weighted by Gasteiger charge is -2.35. The van der Waals surface area contributed by atoms with E-state index in [1.54, 1.807) is 25.3 Å². The second-order valence-corrected chi connectivity index (χ2v) is 6.65. The molecule has 1 aliphatic heterocycles. The summed E-state index contributed by atoms with van der Waals surface area (Å²) in [6.45, 7) is 7.62. The highest BCUT2D eigenvalue weighted by atomic mass is 35.5. The maximum atomic E-state index is 12.8. The fourth-order valence-electron chi connectivity index (χ4n) is 3.08. The Balaban J connectivity index is 1.64. The highest BCUT2D eigenvalue weighted by Gasteiger charge is 2.25. The minimum Gasteiger partial charge on any atom is -0.496 e. The molecule has 0 spiro atoms. The molecule has 25 heavy (non-hydrogen) atoms. The van der Waals surface area contributed by atoms with Crippen LogP contribution in [0.5, 0.6) is 5.75 Å². The first-order chi connectivity index (χ1) is 12.0. The zero-order valence-electron chi connectivity index (χ0n) is 14.7. The van der Waals surface area contributed by atoms with Crippen molar-refractivity contribution in [1.29, 1.82) is 0 Å². The Kier molecular flexibility index (Phi) is 5.30. The smallest absolute Gasteiger partial charge is 0.257 e. The average molecular weight is 364 g/mol. The summed E-state index contributed by atoms with van der Waals surface area (Å²) in [6, 6.07) is 5.11. The Hall–Kier alpha value is -2.05. The zero-order chi connectivity index (χ0) is 18.0. The molecule has 1 fully saturated rings. The number of piperazine rings is 1. The Morgan fingerprint density at radius 2 is 2.00 bits per heavy atom. The standard InChI is InChI=1S/C18H22ClN3O3/c1-12-16(13(2)25-20-12)11-21-6-8-22(9-7-21)18(23)15-10-14(19)4-5-17(15)24-3/h4-5,10H,6-9,11H2,1-3H3. The molecular formula is C18H22ClN3O3. The van der Waals surface area contributed by atoms with Crippen LogP contribution in [-0.4, -0.2) is 54.2 Å². The quantitative estimate of drug-likeness (QED) is 0.836. The SMILES string of the molecule is COc1ccc(Cl)cc1C(=O)N1CCN(Cc2c(C)noc2C)CC1. The van der Waals surface area contributed by atoms with E-state index in [4.69, 9.17) is 20.9 Å². The van der Waals surface area contributed by atoms with Gasteiger partial charge in [0.15, 0.2) is 0 Å². The third kappa shape index (κ3) is 3.80. The molecule has 1 aromatic carbocycles. The van der Waals surface area contributed by atoms with Crippen LogP contribution in [0.2, 0.25) is 5.02 Å². The third-order valence-corrected chi connectivity index (χ3v) is 4.85. The number of carbonyl (C=O) groups excluding carboxylic acids is 1. The molecule has 6 nitrogen and oxygen atoms in total. The Bertz CT molecular complexity index is 747. The first-order valence-electron chi connectivity index (χ1n) is 8.26. The van der Waals surface area contributed by atoms with Gasteiger partial charge in [-0.3, -0.25) is 9.69 Å². The maximum Gasteiger partial charge on any atom is 0.257 e. The van der Waals surface area contributed by atoms with Gasteiger partial charge in [0.25, 0.3) is 5.91 Å². The van der Waals surface area contributed by atoms with Crippen molar-refractivity contribution in [2.24, 2.45) is 0 Å². The van der Waals surface area contributed by atoms with Crippen molar-refractivity contribution in [3.05, 3.63) is 45.8 Å². The normalized spacial score (nSPS) is 15.4. The first-order valence-corrected chi connectivity index (χ1v) is 8.64. The highest BCUT2D eigenvalue weighted by Crippen LogP contribution is 2.25. The molecule has 0 aliphatic carbocycles. The number of nitrogens with zero attached hydrogens (tertiary/aromatic N) is 3. The lowest BCUT2D eigenvalue weighted by atomic mass is 10.1. The van der Waals surface area contributed by atoms with Crippen LogP contribution in [0.1, 0.15) is 27.4 Å². The fourth-order valence-corrected chi connectivity index (χ4v) is 3.25. The van der Waals surface area contributed by atoms with Gasteiger partial charge < -0.3 is 14.2 Å². The molecule has 1 saturated heterocycles. The van der Waals surface area contributed by atoms with Gasteiger partial charge in [0.2, 0.25) is 0 Å². The predicted molar refractivity (Wildman–Crippen MR) is 95.2 cm³/mol. The van der Waals surface area contributed by atoms with Crippen LogP contribution in [-0.2, 0) is 6.54 Å². The van der Waals surface area contributed by atoms with Crippen LogP contribution in [0.25, 0.3) is 0 Å². The van der Waals surface area contributed by atoms with Crippen molar-refractivity contribution in [1.82, 2.24) is 15.0 Å². The summed E-state index contributed by atoms with van der Waals surface area (Å²) in [6.07, 6.45) is 0. The van der Waals surface area contributed by atoms with E-state index in [9.17, 15) is 4.79 Å². The number of hydrogen-bond donors (Lipinski definition) is 0. The minimum absolute atomic E-state index is 0.0451. The topological polar surface area (TPSA) is 58.8 Å². The van der Waals surface area contributed by atoms with Crippen molar-refractivity contribution in [2.45, 2.75) is 20.4 Å². The summed E-state index contributed by atoms with van der Waals surface area (Å²) in [5.41, 5.74) is 2.57. The van der Waals surface area contributed by atoms with Crippen molar-refractivity contribution in [2.75, 3.05) is 33.3 Å². The van der Waals surface area contributed by atoms with Crippen LogP contribution >= 0.6 is 11.6 Å². The van der Waals surface area contributed by atoms with E-state index in [1.807, 2.05) is 18.7 Å². The Labute approximate surface area is 152 Å². The Morgan fingerprint density at radius 1 is 1.28 bits per heavy atom. The van der Waals surface area contributed by atoms with Crippen LogP contribution in [0.3, 0.4) is 0 Å². The lowest BCUT2D eigenvalue weighted by molar-refractivity contribution is 0.0624. The third-order valence-electron chi connectivity index (χ3n) is 4.61. The molecule has 0 bridgehead atoms. The first kappa shape index (κ1) is 17.8. The number of methoxy groups -OCH3 is 1. The van der Waals surface area contributed by atoms with Gasteiger partial charge in [-0.1, -0.05) is 16.8 Å². The van der Waals surface area contributed by atoms with Gasteiger partial charge in [-0.25, -0.2) is 0 Å². The van der Waals surface area contributed by atoms with E-state index in [-0.39, 0.29) is 5.91 Å². The van der Waals surface area contributed by atoms with Crippen molar-refractivity contribution >= 4 is 17.5 Å². The summed E-state index contributed by atoms with van der Waals surface area (Å²) in [5, 5.41) is 4.53. The minimum atomic E-state index is -0.0451. The molecule has 0 radical (unpaired) electrons. The Morgan fingerprint density at radius 3 is 2.60 bits per heavy atom. The number of aromatic nitrogens is 1. The maximum absolute atomic E-state index is 12.8.